The van der Waals surface area contributed by atoms with Gasteiger partial charge in [-0.15, -0.1) is 0 Å². The van der Waals surface area contributed by atoms with E-state index in [9.17, 15) is 14.3 Å². The van der Waals surface area contributed by atoms with E-state index in [1.54, 1.807) is 37.3 Å². The first-order valence-corrected chi connectivity index (χ1v) is 14.4. The van der Waals surface area contributed by atoms with Crippen molar-refractivity contribution in [3.8, 4) is 11.5 Å². The molecule has 0 aliphatic carbocycles. The van der Waals surface area contributed by atoms with Crippen LogP contribution in [0.1, 0.15) is 47.1 Å². The van der Waals surface area contributed by atoms with E-state index in [2.05, 4.69) is 15.5 Å². The van der Waals surface area contributed by atoms with E-state index in [0.29, 0.717) is 36.2 Å². The van der Waals surface area contributed by atoms with Gasteiger partial charge in [-0.1, -0.05) is 29.8 Å². The number of fused-ring (bicyclic) bond motifs is 2. The summed E-state index contributed by atoms with van der Waals surface area (Å²) in [6.45, 7) is 5.21. The molecule has 1 aromatic heterocycles. The number of carboxylic acids is 1. The molecule has 10 heteroatoms. The molecule has 3 aliphatic heterocycles. The van der Waals surface area contributed by atoms with Crippen molar-refractivity contribution in [2.75, 3.05) is 19.7 Å². The van der Waals surface area contributed by atoms with E-state index in [4.69, 9.17) is 30.8 Å². The number of carbonyl (C=O) groups is 1. The number of ether oxygens (including phenoxy) is 3. The highest BCUT2D eigenvalue weighted by atomic mass is 35.5. The number of hydrogen-bond donors (Lipinski definition) is 1. The summed E-state index contributed by atoms with van der Waals surface area (Å²) in [4.78, 5) is 18.8. The van der Waals surface area contributed by atoms with Crippen LogP contribution in [-0.2, 0) is 23.6 Å². The molecule has 0 amide bonds. The van der Waals surface area contributed by atoms with Gasteiger partial charge in [0.05, 0.1) is 41.4 Å². The summed E-state index contributed by atoms with van der Waals surface area (Å²) >= 11 is 5.96. The summed E-state index contributed by atoms with van der Waals surface area (Å²) in [6, 6.07) is 15.3. The van der Waals surface area contributed by atoms with Crippen molar-refractivity contribution in [3.05, 3.63) is 94.0 Å². The summed E-state index contributed by atoms with van der Waals surface area (Å²) in [7, 11) is 0. The predicted octanol–water partition coefficient (Wildman–Crippen LogP) is 6.25. The molecule has 0 spiro atoms. The summed E-state index contributed by atoms with van der Waals surface area (Å²) in [5.41, 5.74) is 4.18. The van der Waals surface area contributed by atoms with Gasteiger partial charge in [-0.25, -0.2) is 14.2 Å². The van der Waals surface area contributed by atoms with Crippen LogP contribution in [0.15, 0.2) is 60.7 Å². The van der Waals surface area contributed by atoms with Crippen LogP contribution in [0.2, 0.25) is 5.02 Å². The van der Waals surface area contributed by atoms with E-state index in [1.807, 2.05) is 18.2 Å². The second-order valence-electron chi connectivity index (χ2n) is 11.1. The maximum atomic E-state index is 14.8. The van der Waals surface area contributed by atoms with Crippen molar-refractivity contribution in [1.82, 2.24) is 14.5 Å². The number of nitrogens with zero attached hydrogens (tertiary/aromatic N) is 3. The molecule has 2 atom stereocenters. The van der Waals surface area contributed by atoms with E-state index >= 15 is 0 Å². The first kappa shape index (κ1) is 26.9. The zero-order valence-electron chi connectivity index (χ0n) is 23.0. The first-order valence-electron chi connectivity index (χ1n) is 14.0. The lowest BCUT2D eigenvalue weighted by atomic mass is 9.98. The highest BCUT2D eigenvalue weighted by Gasteiger charge is 2.42. The SMILES string of the molecule is CC1(c2ccc(Cl)cc2F)Oc2cccc(C3=CCN(Cc4nc5ccc(C(=O)O)cc5n4CC4CCO4)CC3)c2O1. The van der Waals surface area contributed by atoms with Crippen LogP contribution < -0.4 is 9.47 Å². The van der Waals surface area contributed by atoms with Crippen LogP contribution >= 0.6 is 11.6 Å². The Bertz CT molecular complexity index is 1750. The van der Waals surface area contributed by atoms with Crippen LogP contribution in [0.3, 0.4) is 0 Å². The second kappa shape index (κ2) is 10.4. The molecule has 4 aromatic rings. The van der Waals surface area contributed by atoms with Crippen LogP contribution in [0, 0.1) is 5.82 Å². The number of imidazole rings is 1. The maximum absolute atomic E-state index is 14.8. The molecule has 3 aromatic carbocycles. The minimum absolute atomic E-state index is 0.108. The summed E-state index contributed by atoms with van der Waals surface area (Å²) in [6.07, 6.45) is 4.05. The fourth-order valence-electron chi connectivity index (χ4n) is 5.91. The lowest BCUT2D eigenvalue weighted by molar-refractivity contribution is -0.0708. The number of aromatic nitrogens is 2. The van der Waals surface area contributed by atoms with Gasteiger partial charge >= 0.3 is 5.97 Å². The zero-order valence-corrected chi connectivity index (χ0v) is 23.7. The van der Waals surface area contributed by atoms with Crippen molar-refractivity contribution in [3.63, 3.8) is 0 Å². The van der Waals surface area contributed by atoms with E-state index in [0.717, 1.165) is 54.0 Å². The smallest absolute Gasteiger partial charge is 0.335 e. The van der Waals surface area contributed by atoms with Gasteiger partial charge in [-0.2, -0.15) is 0 Å². The number of rotatable bonds is 7. The van der Waals surface area contributed by atoms with E-state index in [-0.39, 0.29) is 17.2 Å². The Hall–Kier alpha value is -3.92. The molecule has 7 rings (SSSR count). The highest BCUT2D eigenvalue weighted by Crippen LogP contribution is 2.49. The van der Waals surface area contributed by atoms with Gasteiger partial charge in [0, 0.05) is 37.2 Å². The topological polar surface area (TPSA) is 86.1 Å². The number of hydrogen-bond acceptors (Lipinski definition) is 6. The molecule has 42 heavy (non-hydrogen) atoms. The van der Waals surface area contributed by atoms with Crippen molar-refractivity contribution in [1.29, 1.82) is 0 Å². The molecule has 1 N–H and O–H groups in total. The van der Waals surface area contributed by atoms with Gasteiger partial charge < -0.3 is 23.9 Å². The van der Waals surface area contributed by atoms with Gasteiger partial charge in [0.25, 0.3) is 5.79 Å². The molecule has 1 fully saturated rings. The average Bonchev–Trinajstić information content (AvgIpc) is 3.47. The highest BCUT2D eigenvalue weighted by molar-refractivity contribution is 6.30. The molecular weight excluding hydrogens is 561 g/mol. The molecule has 0 saturated carbocycles. The minimum atomic E-state index is -1.31. The Morgan fingerprint density at radius 2 is 2.05 bits per heavy atom. The Balaban J connectivity index is 1.12. The third-order valence-electron chi connectivity index (χ3n) is 8.26. The molecule has 0 bridgehead atoms. The summed E-state index contributed by atoms with van der Waals surface area (Å²) in [5.74, 6) is -0.692. The third-order valence-corrected chi connectivity index (χ3v) is 8.49. The van der Waals surface area contributed by atoms with Gasteiger partial charge in [0.1, 0.15) is 11.6 Å². The molecule has 1 saturated heterocycles. The third kappa shape index (κ3) is 4.81. The van der Waals surface area contributed by atoms with Crippen molar-refractivity contribution < 1.29 is 28.5 Å². The Kier molecular flexibility index (Phi) is 6.68. The normalized spacial score (nSPS) is 21.8. The van der Waals surface area contributed by atoms with Crippen LogP contribution in [0.5, 0.6) is 11.5 Å². The van der Waals surface area contributed by atoms with Crippen LogP contribution in [-0.4, -0.2) is 51.3 Å². The van der Waals surface area contributed by atoms with Gasteiger partial charge in [0.2, 0.25) is 0 Å². The maximum Gasteiger partial charge on any atom is 0.335 e. The molecule has 2 unspecified atom stereocenters. The van der Waals surface area contributed by atoms with Gasteiger partial charge in [-0.3, -0.25) is 4.90 Å². The second-order valence-corrected chi connectivity index (χ2v) is 11.5. The van der Waals surface area contributed by atoms with Gasteiger partial charge in [-0.05, 0) is 60.9 Å². The molecule has 4 heterocycles. The number of benzene rings is 3. The van der Waals surface area contributed by atoms with Crippen molar-refractivity contribution >= 4 is 34.2 Å². The van der Waals surface area contributed by atoms with Crippen molar-refractivity contribution in [2.45, 2.75) is 44.7 Å². The molecule has 0 radical (unpaired) electrons. The van der Waals surface area contributed by atoms with Crippen LogP contribution in [0.25, 0.3) is 16.6 Å². The van der Waals surface area contributed by atoms with Crippen LogP contribution in [0.4, 0.5) is 4.39 Å². The lowest BCUT2D eigenvalue weighted by Crippen LogP contribution is -2.34. The van der Waals surface area contributed by atoms with E-state index < -0.39 is 17.6 Å². The molecule has 3 aliphatic rings. The standard InChI is InChI=1S/C32H29ClFN3O5/c1-32(24-7-6-21(33)16-25(24)34)41-28-4-2-3-23(30(28)42-32)19-9-12-36(13-10-19)18-29-35-26-8-5-20(31(38)39)15-27(26)37(29)17-22-11-14-40-22/h2-9,15-16,22H,10-14,17-18H2,1H3,(H,38,39). The number of halogens is 2. The first-order chi connectivity index (χ1) is 20.3. The fourth-order valence-corrected chi connectivity index (χ4v) is 6.07. The largest absolute Gasteiger partial charge is 0.478 e. The summed E-state index contributed by atoms with van der Waals surface area (Å²) < 4.78 is 35.0. The quantitative estimate of drug-likeness (QED) is 0.273. The average molecular weight is 590 g/mol. The zero-order chi connectivity index (χ0) is 29.0. The van der Waals surface area contributed by atoms with Crippen molar-refractivity contribution in [2.24, 2.45) is 0 Å². The molecule has 216 valence electrons. The Labute approximate surface area is 246 Å². The number of aromatic carboxylic acids is 1. The summed E-state index contributed by atoms with van der Waals surface area (Å²) in [5, 5.41) is 9.83. The minimum Gasteiger partial charge on any atom is -0.478 e. The fraction of sp³-hybridized carbons (Fsp3) is 0.312. The predicted molar refractivity (Wildman–Crippen MR) is 155 cm³/mol. The molecule has 8 nitrogen and oxygen atoms in total. The van der Waals surface area contributed by atoms with E-state index in [1.165, 1.54) is 6.07 Å². The molecular formula is C32H29ClFN3O5. The van der Waals surface area contributed by atoms with Gasteiger partial charge in [0.15, 0.2) is 11.5 Å². The number of para-hydroxylation sites is 1. The lowest BCUT2D eigenvalue weighted by Gasteiger charge is -2.29. The monoisotopic (exact) mass is 589 g/mol. The number of carboxylic acid groups (broad SMARTS) is 1. The Morgan fingerprint density at radius 1 is 1.19 bits per heavy atom. The Morgan fingerprint density at radius 3 is 2.76 bits per heavy atom.